The Balaban J connectivity index is 1.92. The Bertz CT molecular complexity index is 737. The van der Waals surface area contributed by atoms with Crippen LogP contribution in [0.2, 0.25) is 0 Å². The number of fused-ring (bicyclic) bond motifs is 1. The van der Waals surface area contributed by atoms with Crippen LogP contribution in [-0.4, -0.2) is 25.3 Å². The van der Waals surface area contributed by atoms with Gasteiger partial charge in [-0.3, -0.25) is 0 Å². The van der Waals surface area contributed by atoms with Gasteiger partial charge >= 0.3 is 0 Å². The number of hydrogen-bond donors (Lipinski definition) is 2. The van der Waals surface area contributed by atoms with Crippen LogP contribution in [0, 0.1) is 0 Å². The number of nitrogens with zero attached hydrogens (tertiary/aromatic N) is 1. The third-order valence-electron chi connectivity index (χ3n) is 3.27. The molecule has 2 aromatic carbocycles. The average Bonchev–Trinajstić information content (AvgIpc) is 2.95. The minimum atomic E-state index is -0.390. The Morgan fingerprint density at radius 2 is 1.86 bits per heavy atom. The van der Waals surface area contributed by atoms with E-state index in [1.807, 2.05) is 7.05 Å². The highest BCUT2D eigenvalue weighted by Crippen LogP contribution is 2.30. The van der Waals surface area contributed by atoms with Crippen molar-refractivity contribution >= 4 is 32.4 Å². The maximum atomic E-state index is 12.2. The van der Waals surface area contributed by atoms with E-state index in [0.29, 0.717) is 6.54 Å². The van der Waals surface area contributed by atoms with E-state index >= 15 is 0 Å². The molecule has 0 atom stereocenters. The van der Waals surface area contributed by atoms with Crippen molar-refractivity contribution in [3.05, 3.63) is 42.5 Å². The van der Waals surface area contributed by atoms with Gasteiger partial charge in [0.2, 0.25) is 0 Å². The molecule has 0 aliphatic rings. The fraction of sp³-hybridized carbons (Fsp3) is 0.188. The number of rotatable bonds is 5. The lowest BCUT2D eigenvalue weighted by Gasteiger charge is -2.04. The molecule has 1 aromatic heterocycles. The number of aromatic nitrogens is 1. The highest BCUT2D eigenvalue weighted by Gasteiger charge is 2.05. The standard InChI is InChI=1S/C16H16FN3S/c1-18-13-5-2-11(3-6-13)12-4-7-15-14(10-12)20-16(21-15)19-9-8-17/h2-7,10,18H,8-9H2,1H3,(H,19,20). The summed E-state index contributed by atoms with van der Waals surface area (Å²) in [5.74, 6) is 0. The Kier molecular flexibility index (Phi) is 4.01. The number of alkyl halides is 1. The summed E-state index contributed by atoms with van der Waals surface area (Å²) in [6, 6.07) is 14.5. The quantitative estimate of drug-likeness (QED) is 0.734. The van der Waals surface area contributed by atoms with Gasteiger partial charge in [-0.1, -0.05) is 29.5 Å². The Hall–Kier alpha value is -2.14. The Labute approximate surface area is 126 Å². The van der Waals surface area contributed by atoms with E-state index < -0.39 is 0 Å². The Morgan fingerprint density at radius 3 is 2.57 bits per heavy atom. The van der Waals surface area contributed by atoms with Crippen molar-refractivity contribution < 1.29 is 4.39 Å². The molecule has 0 saturated heterocycles. The molecule has 21 heavy (non-hydrogen) atoms. The number of thiazole rings is 1. The van der Waals surface area contributed by atoms with E-state index in [0.717, 1.165) is 32.2 Å². The molecule has 0 saturated carbocycles. The van der Waals surface area contributed by atoms with Crippen LogP contribution in [-0.2, 0) is 0 Å². The first kappa shape index (κ1) is 13.8. The maximum Gasteiger partial charge on any atom is 0.183 e. The van der Waals surface area contributed by atoms with Gasteiger partial charge in [-0.25, -0.2) is 9.37 Å². The van der Waals surface area contributed by atoms with Gasteiger partial charge in [0.05, 0.1) is 10.2 Å². The summed E-state index contributed by atoms with van der Waals surface area (Å²) < 4.78 is 13.3. The van der Waals surface area contributed by atoms with Crippen LogP contribution in [0.3, 0.4) is 0 Å². The van der Waals surface area contributed by atoms with Gasteiger partial charge < -0.3 is 10.6 Å². The summed E-state index contributed by atoms with van der Waals surface area (Å²) in [6.07, 6.45) is 0. The van der Waals surface area contributed by atoms with Crippen LogP contribution >= 0.6 is 11.3 Å². The lowest BCUT2D eigenvalue weighted by Crippen LogP contribution is -2.01. The van der Waals surface area contributed by atoms with Gasteiger partial charge in [0.15, 0.2) is 5.13 Å². The van der Waals surface area contributed by atoms with Crippen molar-refractivity contribution in [1.29, 1.82) is 0 Å². The van der Waals surface area contributed by atoms with Crippen molar-refractivity contribution in [2.24, 2.45) is 0 Å². The van der Waals surface area contributed by atoms with Crippen LogP contribution in [0.4, 0.5) is 15.2 Å². The van der Waals surface area contributed by atoms with E-state index in [1.165, 1.54) is 0 Å². The van der Waals surface area contributed by atoms with Gasteiger partial charge in [0, 0.05) is 19.3 Å². The van der Waals surface area contributed by atoms with E-state index in [1.54, 1.807) is 11.3 Å². The molecule has 0 amide bonds. The predicted octanol–water partition coefficient (Wildman–Crippen LogP) is 4.39. The number of halogens is 1. The molecule has 3 nitrogen and oxygen atoms in total. The van der Waals surface area contributed by atoms with Crippen LogP contribution in [0.25, 0.3) is 21.3 Å². The molecular weight excluding hydrogens is 285 g/mol. The van der Waals surface area contributed by atoms with Crippen LogP contribution in [0.5, 0.6) is 0 Å². The summed E-state index contributed by atoms with van der Waals surface area (Å²) in [5.41, 5.74) is 4.32. The molecule has 0 fully saturated rings. The molecule has 0 unspecified atom stereocenters. The molecule has 0 aliphatic heterocycles. The summed E-state index contributed by atoms with van der Waals surface area (Å²) in [6.45, 7) is -0.0862. The second-order valence-corrected chi connectivity index (χ2v) is 5.68. The number of anilines is 2. The number of hydrogen-bond acceptors (Lipinski definition) is 4. The molecule has 5 heteroatoms. The molecule has 1 heterocycles. The zero-order chi connectivity index (χ0) is 14.7. The topological polar surface area (TPSA) is 37.0 Å². The molecule has 0 aliphatic carbocycles. The maximum absolute atomic E-state index is 12.2. The van der Waals surface area contributed by atoms with Gasteiger partial charge in [-0.05, 0) is 35.4 Å². The largest absolute Gasteiger partial charge is 0.388 e. The second-order valence-electron chi connectivity index (χ2n) is 4.64. The second kappa shape index (κ2) is 6.10. The van der Waals surface area contributed by atoms with Crippen molar-refractivity contribution in [3.8, 4) is 11.1 Å². The third kappa shape index (κ3) is 2.97. The first-order valence-corrected chi connectivity index (χ1v) is 7.60. The molecule has 108 valence electrons. The van der Waals surface area contributed by atoms with Crippen molar-refractivity contribution in [3.63, 3.8) is 0 Å². The molecule has 3 rings (SSSR count). The van der Waals surface area contributed by atoms with E-state index in [2.05, 4.69) is 58.1 Å². The summed E-state index contributed by atoms with van der Waals surface area (Å²) in [5, 5.41) is 6.86. The summed E-state index contributed by atoms with van der Waals surface area (Å²) >= 11 is 1.55. The first-order valence-electron chi connectivity index (χ1n) is 6.79. The van der Waals surface area contributed by atoms with Crippen LogP contribution < -0.4 is 10.6 Å². The smallest absolute Gasteiger partial charge is 0.183 e. The first-order chi connectivity index (χ1) is 10.3. The number of benzene rings is 2. The van der Waals surface area contributed by atoms with Crippen LogP contribution in [0.15, 0.2) is 42.5 Å². The summed E-state index contributed by atoms with van der Waals surface area (Å²) in [7, 11) is 1.91. The van der Waals surface area contributed by atoms with Gasteiger partial charge in [-0.2, -0.15) is 0 Å². The normalized spacial score (nSPS) is 10.8. The number of nitrogens with one attached hydrogen (secondary N) is 2. The van der Waals surface area contributed by atoms with E-state index in [4.69, 9.17) is 0 Å². The highest BCUT2D eigenvalue weighted by atomic mass is 32.1. The monoisotopic (exact) mass is 301 g/mol. The average molecular weight is 301 g/mol. The SMILES string of the molecule is CNc1ccc(-c2ccc3sc(NCCF)nc3c2)cc1. The summed E-state index contributed by atoms with van der Waals surface area (Å²) in [4.78, 5) is 4.50. The predicted molar refractivity (Wildman–Crippen MR) is 89.1 cm³/mol. The minimum absolute atomic E-state index is 0.304. The minimum Gasteiger partial charge on any atom is -0.388 e. The molecule has 0 radical (unpaired) electrons. The molecular formula is C16H16FN3S. The van der Waals surface area contributed by atoms with Crippen molar-refractivity contribution in [2.75, 3.05) is 30.9 Å². The zero-order valence-corrected chi connectivity index (χ0v) is 12.5. The molecule has 2 N–H and O–H groups in total. The fourth-order valence-corrected chi connectivity index (χ4v) is 3.04. The lowest BCUT2D eigenvalue weighted by molar-refractivity contribution is 0.512. The highest BCUT2D eigenvalue weighted by molar-refractivity contribution is 7.22. The van der Waals surface area contributed by atoms with Crippen molar-refractivity contribution in [2.45, 2.75) is 0 Å². The molecule has 0 bridgehead atoms. The molecule has 3 aromatic rings. The zero-order valence-electron chi connectivity index (χ0n) is 11.7. The Morgan fingerprint density at radius 1 is 1.10 bits per heavy atom. The lowest BCUT2D eigenvalue weighted by atomic mass is 10.1. The van der Waals surface area contributed by atoms with E-state index in [9.17, 15) is 4.39 Å². The van der Waals surface area contributed by atoms with Crippen LogP contribution in [0.1, 0.15) is 0 Å². The van der Waals surface area contributed by atoms with Gasteiger partial charge in [0.25, 0.3) is 0 Å². The van der Waals surface area contributed by atoms with Gasteiger partial charge in [0.1, 0.15) is 6.67 Å². The fourth-order valence-electron chi connectivity index (χ4n) is 2.17. The third-order valence-corrected chi connectivity index (χ3v) is 4.26. The van der Waals surface area contributed by atoms with E-state index in [-0.39, 0.29) is 6.67 Å². The molecule has 0 spiro atoms. The van der Waals surface area contributed by atoms with Crippen molar-refractivity contribution in [1.82, 2.24) is 4.98 Å². The van der Waals surface area contributed by atoms with Gasteiger partial charge in [-0.15, -0.1) is 0 Å².